The number of rotatable bonds is 6. The van der Waals surface area contributed by atoms with Crippen molar-refractivity contribution in [1.82, 2.24) is 0 Å². The van der Waals surface area contributed by atoms with E-state index in [-0.39, 0.29) is 16.5 Å². The predicted octanol–water partition coefficient (Wildman–Crippen LogP) is 0.510. The van der Waals surface area contributed by atoms with Gasteiger partial charge in [0.2, 0.25) is 0 Å². The molecule has 0 rings (SSSR count). The SMILES string of the molecule is CC(=NCCN)/C(C)=N/O.CC(=NCCN)/C(C)=N/O.[Ni+2]. The molecule has 0 heterocycles. The summed E-state index contributed by atoms with van der Waals surface area (Å²) < 4.78 is 0. The van der Waals surface area contributed by atoms with E-state index in [0.29, 0.717) is 37.6 Å². The number of aliphatic imine (C=N–C) groups is 2. The first-order valence-corrected chi connectivity index (χ1v) is 6.24. The van der Waals surface area contributed by atoms with E-state index >= 15 is 0 Å². The summed E-state index contributed by atoms with van der Waals surface area (Å²) in [6.45, 7) is 9.16. The van der Waals surface area contributed by atoms with Gasteiger partial charge in [0.15, 0.2) is 0 Å². The van der Waals surface area contributed by atoms with E-state index in [1.54, 1.807) is 27.7 Å². The molecule has 0 atom stereocenters. The fourth-order valence-electron chi connectivity index (χ4n) is 0.838. The minimum absolute atomic E-state index is 0. The van der Waals surface area contributed by atoms with Crippen LogP contribution in [0.25, 0.3) is 0 Å². The van der Waals surface area contributed by atoms with Crippen LogP contribution < -0.4 is 11.5 Å². The maximum atomic E-state index is 8.28. The van der Waals surface area contributed by atoms with Gasteiger partial charge in [-0.2, -0.15) is 0 Å². The number of hydrogen-bond acceptors (Lipinski definition) is 8. The quantitative estimate of drug-likeness (QED) is 0.241. The summed E-state index contributed by atoms with van der Waals surface area (Å²) in [5, 5.41) is 22.5. The Morgan fingerprint density at radius 1 is 0.714 bits per heavy atom. The van der Waals surface area contributed by atoms with Crippen LogP contribution in [0.2, 0.25) is 0 Å². The summed E-state index contributed by atoms with van der Waals surface area (Å²) in [5.74, 6) is 0. The minimum Gasteiger partial charge on any atom is -0.411 e. The molecule has 0 aliphatic heterocycles. The van der Waals surface area contributed by atoms with E-state index in [1.165, 1.54) is 0 Å². The van der Waals surface area contributed by atoms with Crippen LogP contribution in [0.15, 0.2) is 20.3 Å². The van der Waals surface area contributed by atoms with Gasteiger partial charge in [0.05, 0.1) is 35.9 Å². The summed E-state index contributed by atoms with van der Waals surface area (Å²) in [5.41, 5.74) is 12.9. The summed E-state index contributed by atoms with van der Waals surface area (Å²) in [6.07, 6.45) is 0. The first kappa shape index (κ1) is 24.7. The average Bonchev–Trinajstić information content (AvgIpc) is 2.48. The van der Waals surface area contributed by atoms with Crippen LogP contribution in [0.4, 0.5) is 0 Å². The van der Waals surface area contributed by atoms with E-state index in [0.717, 1.165) is 11.4 Å². The zero-order valence-corrected chi connectivity index (χ0v) is 14.0. The number of hydrogen-bond donors (Lipinski definition) is 4. The minimum atomic E-state index is 0. The van der Waals surface area contributed by atoms with E-state index < -0.39 is 0 Å². The molecule has 8 nitrogen and oxygen atoms in total. The van der Waals surface area contributed by atoms with Crippen molar-refractivity contribution in [3.05, 3.63) is 0 Å². The Morgan fingerprint density at radius 2 is 1.00 bits per heavy atom. The van der Waals surface area contributed by atoms with Crippen molar-refractivity contribution in [3.63, 3.8) is 0 Å². The zero-order valence-electron chi connectivity index (χ0n) is 13.0. The topological polar surface area (TPSA) is 142 Å². The molecule has 0 aromatic rings. The molecule has 0 unspecified atom stereocenters. The number of nitrogens with zero attached hydrogens (tertiary/aromatic N) is 4. The molecule has 124 valence electrons. The molecule has 6 N–H and O–H groups in total. The third kappa shape index (κ3) is 14.9. The normalized spacial score (nSPS) is 13.2. The summed E-state index contributed by atoms with van der Waals surface area (Å²) in [7, 11) is 0. The van der Waals surface area contributed by atoms with Gasteiger partial charge in [0, 0.05) is 13.1 Å². The molecular formula is C12H26N6NiO2+2. The van der Waals surface area contributed by atoms with Crippen LogP contribution in [-0.2, 0) is 16.5 Å². The van der Waals surface area contributed by atoms with Crippen LogP contribution in [0.1, 0.15) is 27.7 Å². The van der Waals surface area contributed by atoms with Gasteiger partial charge >= 0.3 is 16.5 Å². The molecule has 0 bridgehead atoms. The van der Waals surface area contributed by atoms with Crippen molar-refractivity contribution in [3.8, 4) is 0 Å². The van der Waals surface area contributed by atoms with E-state index in [2.05, 4.69) is 20.3 Å². The molecule has 21 heavy (non-hydrogen) atoms. The molecular weight excluding hydrogens is 319 g/mol. The summed E-state index contributed by atoms with van der Waals surface area (Å²) in [4.78, 5) is 8.03. The van der Waals surface area contributed by atoms with Crippen molar-refractivity contribution >= 4 is 22.8 Å². The fourth-order valence-corrected chi connectivity index (χ4v) is 0.838. The summed E-state index contributed by atoms with van der Waals surface area (Å²) >= 11 is 0. The van der Waals surface area contributed by atoms with Gasteiger partial charge in [-0.05, 0) is 27.7 Å². The fraction of sp³-hybridized carbons (Fsp3) is 0.667. The van der Waals surface area contributed by atoms with Crippen LogP contribution in [0.3, 0.4) is 0 Å². The van der Waals surface area contributed by atoms with Crippen molar-refractivity contribution in [2.45, 2.75) is 27.7 Å². The number of oxime groups is 2. The van der Waals surface area contributed by atoms with Crippen LogP contribution in [0.5, 0.6) is 0 Å². The molecule has 0 amide bonds. The van der Waals surface area contributed by atoms with Gasteiger partial charge in [0.25, 0.3) is 0 Å². The number of nitrogens with two attached hydrogens (primary N) is 2. The first-order valence-electron chi connectivity index (χ1n) is 6.24. The van der Waals surface area contributed by atoms with Crippen molar-refractivity contribution in [2.24, 2.45) is 31.8 Å². The Bertz CT molecular complexity index is 344. The zero-order chi connectivity index (χ0) is 16.0. The van der Waals surface area contributed by atoms with Crippen molar-refractivity contribution < 1.29 is 26.9 Å². The van der Waals surface area contributed by atoms with Gasteiger partial charge in [-0.3, -0.25) is 9.98 Å². The predicted molar refractivity (Wildman–Crippen MR) is 83.9 cm³/mol. The smallest absolute Gasteiger partial charge is 0.411 e. The van der Waals surface area contributed by atoms with Gasteiger partial charge in [0.1, 0.15) is 0 Å². The molecule has 0 saturated heterocycles. The Hall–Kier alpha value is -1.31. The third-order valence-electron chi connectivity index (χ3n) is 2.30. The van der Waals surface area contributed by atoms with Gasteiger partial charge < -0.3 is 21.9 Å². The summed E-state index contributed by atoms with van der Waals surface area (Å²) in [6, 6.07) is 0. The molecule has 0 radical (unpaired) electrons. The Morgan fingerprint density at radius 3 is 1.19 bits per heavy atom. The molecule has 9 heteroatoms. The second-order valence-corrected chi connectivity index (χ2v) is 3.88. The molecule has 0 fully saturated rings. The Kier molecular flexibility index (Phi) is 19.7. The van der Waals surface area contributed by atoms with E-state index in [9.17, 15) is 0 Å². The Balaban J connectivity index is -0.000000295. The van der Waals surface area contributed by atoms with Crippen molar-refractivity contribution in [2.75, 3.05) is 26.2 Å². The van der Waals surface area contributed by atoms with Crippen LogP contribution >= 0.6 is 0 Å². The van der Waals surface area contributed by atoms with E-state index in [1.807, 2.05) is 0 Å². The molecule has 0 aromatic carbocycles. The van der Waals surface area contributed by atoms with E-state index in [4.69, 9.17) is 21.9 Å². The maximum absolute atomic E-state index is 8.28. The molecule has 0 spiro atoms. The third-order valence-corrected chi connectivity index (χ3v) is 2.30. The second-order valence-electron chi connectivity index (χ2n) is 3.88. The largest absolute Gasteiger partial charge is 2.00 e. The molecule has 0 aromatic heterocycles. The van der Waals surface area contributed by atoms with Crippen LogP contribution in [-0.4, -0.2) is 59.4 Å². The molecule has 0 aliphatic carbocycles. The van der Waals surface area contributed by atoms with Gasteiger partial charge in [-0.25, -0.2) is 0 Å². The van der Waals surface area contributed by atoms with Gasteiger partial charge in [-0.1, -0.05) is 10.3 Å². The average molecular weight is 345 g/mol. The first-order chi connectivity index (χ1) is 9.44. The molecule has 0 saturated carbocycles. The molecule has 0 aliphatic rings. The standard InChI is InChI=1S/2C6H13N3O.Ni/c2*1-5(6(2)9-10)8-4-3-7;/h2*10H,3-4,7H2,1-2H3;/q;;+2/b2*8-5?,9-6+;. The maximum Gasteiger partial charge on any atom is 2.00 e. The Labute approximate surface area is 136 Å². The monoisotopic (exact) mass is 344 g/mol. The second kappa shape index (κ2) is 16.7. The van der Waals surface area contributed by atoms with Gasteiger partial charge in [-0.15, -0.1) is 0 Å². The van der Waals surface area contributed by atoms with Crippen LogP contribution in [0, 0.1) is 0 Å². The van der Waals surface area contributed by atoms with Crippen molar-refractivity contribution in [1.29, 1.82) is 0 Å².